The average Bonchev–Trinajstić information content (AvgIpc) is 2.64. The molecule has 0 bridgehead atoms. The highest BCUT2D eigenvalue weighted by Crippen LogP contribution is 2.25. The minimum Gasteiger partial charge on any atom is -0.367 e. The lowest BCUT2D eigenvalue weighted by Gasteiger charge is -2.37. The Morgan fingerprint density at radius 2 is 1.81 bits per heavy atom. The number of amides is 2. The van der Waals surface area contributed by atoms with Gasteiger partial charge < -0.3 is 15.0 Å². The van der Waals surface area contributed by atoms with Gasteiger partial charge in [-0.2, -0.15) is 0 Å². The number of halogens is 2. The number of nitrogens with zero attached hydrogens (tertiary/aromatic N) is 1. The number of rotatable bonds is 4. The minimum absolute atomic E-state index is 0.00897. The van der Waals surface area contributed by atoms with Gasteiger partial charge in [-0.3, -0.25) is 0 Å². The molecule has 2 aromatic carbocycles. The lowest BCUT2D eigenvalue weighted by molar-refractivity contribution is -0.0656. The molecule has 0 radical (unpaired) electrons. The molecule has 6 heteroatoms. The third-order valence-electron chi connectivity index (χ3n) is 4.43. The van der Waals surface area contributed by atoms with Gasteiger partial charge in [0.15, 0.2) is 0 Å². The Kier molecular flexibility index (Phi) is 5.83. The number of morpholine rings is 1. The van der Waals surface area contributed by atoms with Crippen molar-refractivity contribution in [3.8, 4) is 0 Å². The molecular weight excluding hydrogens is 338 g/mol. The molecule has 1 saturated heterocycles. The number of nitrogens with one attached hydrogen (secondary N) is 1. The fourth-order valence-corrected chi connectivity index (χ4v) is 3.15. The van der Waals surface area contributed by atoms with Crippen molar-refractivity contribution in [2.45, 2.75) is 25.6 Å². The van der Waals surface area contributed by atoms with Gasteiger partial charge in [-0.25, -0.2) is 13.6 Å². The van der Waals surface area contributed by atoms with E-state index >= 15 is 0 Å². The van der Waals surface area contributed by atoms with Crippen molar-refractivity contribution in [3.63, 3.8) is 0 Å². The molecule has 1 aliphatic heterocycles. The van der Waals surface area contributed by atoms with E-state index in [4.69, 9.17) is 4.74 Å². The van der Waals surface area contributed by atoms with Crippen LogP contribution >= 0.6 is 0 Å². The molecule has 1 heterocycles. The number of carbonyl (C=O) groups excluding carboxylic acids is 1. The van der Waals surface area contributed by atoms with E-state index in [-0.39, 0.29) is 36.8 Å². The van der Waals surface area contributed by atoms with Crippen molar-refractivity contribution < 1.29 is 18.3 Å². The second kappa shape index (κ2) is 8.27. The Balaban J connectivity index is 1.57. The van der Waals surface area contributed by atoms with Gasteiger partial charge in [0, 0.05) is 18.7 Å². The monoisotopic (exact) mass is 360 g/mol. The van der Waals surface area contributed by atoms with Gasteiger partial charge in [-0.05, 0) is 31.0 Å². The maximum absolute atomic E-state index is 13.6. The van der Waals surface area contributed by atoms with Crippen LogP contribution in [0, 0.1) is 11.6 Å². The van der Waals surface area contributed by atoms with E-state index in [9.17, 15) is 13.6 Å². The van der Waals surface area contributed by atoms with Crippen molar-refractivity contribution >= 4 is 6.03 Å². The van der Waals surface area contributed by atoms with Crippen molar-refractivity contribution in [3.05, 3.63) is 71.3 Å². The zero-order chi connectivity index (χ0) is 18.5. The maximum atomic E-state index is 13.6. The Hall–Kier alpha value is -2.47. The van der Waals surface area contributed by atoms with Crippen LogP contribution in [0.15, 0.2) is 48.5 Å². The van der Waals surface area contributed by atoms with E-state index in [0.29, 0.717) is 13.1 Å². The van der Waals surface area contributed by atoms with E-state index in [1.54, 1.807) is 4.90 Å². The highest BCUT2D eigenvalue weighted by atomic mass is 19.1. The van der Waals surface area contributed by atoms with E-state index in [0.717, 1.165) is 5.56 Å². The van der Waals surface area contributed by atoms with Crippen LogP contribution in [0.4, 0.5) is 13.6 Å². The molecule has 1 fully saturated rings. The molecule has 0 aromatic heterocycles. The first-order valence-electron chi connectivity index (χ1n) is 8.70. The zero-order valence-electron chi connectivity index (χ0n) is 14.6. The molecule has 2 amide bonds. The highest BCUT2D eigenvalue weighted by Gasteiger charge is 2.29. The Morgan fingerprint density at radius 3 is 2.50 bits per heavy atom. The van der Waals surface area contributed by atoms with Crippen molar-refractivity contribution in [2.24, 2.45) is 0 Å². The lowest BCUT2D eigenvalue weighted by atomic mass is 10.1. The first kappa shape index (κ1) is 18.3. The molecule has 2 aromatic rings. The molecule has 1 aliphatic rings. The van der Waals surface area contributed by atoms with Gasteiger partial charge in [0.25, 0.3) is 0 Å². The lowest BCUT2D eigenvalue weighted by Crippen LogP contribution is -2.50. The van der Waals surface area contributed by atoms with Gasteiger partial charge in [-0.1, -0.05) is 36.4 Å². The first-order valence-corrected chi connectivity index (χ1v) is 8.70. The standard InChI is InChI=1S/C20H22F2N2O2/c1-14-12-24(13-19(26-14)15-6-3-2-4-7-15)20(25)23-11-10-16-17(21)8-5-9-18(16)22/h2-9,14,19H,10-13H2,1H3,(H,23,25)/t14-,19+/m0/s1. The maximum Gasteiger partial charge on any atom is 0.317 e. The molecule has 2 atom stereocenters. The van der Waals surface area contributed by atoms with Crippen LogP contribution < -0.4 is 5.32 Å². The Bertz CT molecular complexity index is 734. The van der Waals surface area contributed by atoms with Crippen LogP contribution in [-0.2, 0) is 11.2 Å². The molecule has 0 saturated carbocycles. The summed E-state index contributed by atoms with van der Waals surface area (Å²) in [5, 5.41) is 2.75. The largest absolute Gasteiger partial charge is 0.367 e. The first-order chi connectivity index (χ1) is 12.5. The number of urea groups is 1. The van der Waals surface area contributed by atoms with Gasteiger partial charge >= 0.3 is 6.03 Å². The summed E-state index contributed by atoms with van der Waals surface area (Å²) in [6, 6.07) is 13.3. The number of benzene rings is 2. The summed E-state index contributed by atoms with van der Waals surface area (Å²) in [6.07, 6.45) is -0.176. The van der Waals surface area contributed by atoms with E-state index in [2.05, 4.69) is 5.32 Å². The number of hydrogen-bond donors (Lipinski definition) is 1. The summed E-state index contributed by atoms with van der Waals surface area (Å²) in [5.74, 6) is -1.19. The average molecular weight is 360 g/mol. The quantitative estimate of drug-likeness (QED) is 0.904. The third-order valence-corrected chi connectivity index (χ3v) is 4.43. The SMILES string of the molecule is C[C@H]1CN(C(=O)NCCc2c(F)cccc2F)C[C@H](c2ccccc2)O1. The molecule has 1 N–H and O–H groups in total. The van der Waals surface area contributed by atoms with Crippen LogP contribution in [-0.4, -0.2) is 36.7 Å². The van der Waals surface area contributed by atoms with Gasteiger partial charge in [0.1, 0.15) is 17.7 Å². The fraction of sp³-hybridized carbons (Fsp3) is 0.350. The fourth-order valence-electron chi connectivity index (χ4n) is 3.15. The predicted molar refractivity (Wildman–Crippen MR) is 94.8 cm³/mol. The van der Waals surface area contributed by atoms with E-state index < -0.39 is 11.6 Å². The molecular formula is C20H22F2N2O2. The van der Waals surface area contributed by atoms with Crippen molar-refractivity contribution in [2.75, 3.05) is 19.6 Å². The molecule has 0 spiro atoms. The molecule has 138 valence electrons. The van der Waals surface area contributed by atoms with Gasteiger partial charge in [0.2, 0.25) is 0 Å². The van der Waals surface area contributed by atoms with E-state index in [1.165, 1.54) is 18.2 Å². The smallest absolute Gasteiger partial charge is 0.317 e. The summed E-state index contributed by atoms with van der Waals surface area (Å²) in [4.78, 5) is 14.1. The molecule has 3 rings (SSSR count). The number of ether oxygens (including phenoxy) is 1. The number of carbonyl (C=O) groups is 1. The molecule has 0 unspecified atom stereocenters. The molecule has 4 nitrogen and oxygen atoms in total. The van der Waals surface area contributed by atoms with E-state index in [1.807, 2.05) is 37.3 Å². The summed E-state index contributed by atoms with van der Waals surface area (Å²) < 4.78 is 33.2. The Morgan fingerprint density at radius 1 is 1.12 bits per heavy atom. The second-order valence-electron chi connectivity index (χ2n) is 6.43. The van der Waals surface area contributed by atoms with Crippen molar-refractivity contribution in [1.29, 1.82) is 0 Å². The van der Waals surface area contributed by atoms with Gasteiger partial charge in [0.05, 0.1) is 12.6 Å². The minimum atomic E-state index is -0.594. The third kappa shape index (κ3) is 4.38. The molecule has 26 heavy (non-hydrogen) atoms. The predicted octanol–water partition coefficient (Wildman–Crippen LogP) is 3.68. The Labute approximate surface area is 151 Å². The van der Waals surface area contributed by atoms with Crippen LogP contribution in [0.3, 0.4) is 0 Å². The summed E-state index contributed by atoms with van der Waals surface area (Å²) in [6.45, 7) is 3.00. The summed E-state index contributed by atoms with van der Waals surface area (Å²) >= 11 is 0. The highest BCUT2D eigenvalue weighted by molar-refractivity contribution is 5.74. The van der Waals surface area contributed by atoms with Gasteiger partial charge in [-0.15, -0.1) is 0 Å². The van der Waals surface area contributed by atoms with Crippen molar-refractivity contribution in [1.82, 2.24) is 10.2 Å². The van der Waals surface area contributed by atoms with Crippen LogP contribution in [0.1, 0.15) is 24.2 Å². The topological polar surface area (TPSA) is 41.6 Å². The number of hydrogen-bond acceptors (Lipinski definition) is 2. The van der Waals surface area contributed by atoms with Crippen LogP contribution in [0.5, 0.6) is 0 Å². The van der Waals surface area contributed by atoms with Crippen LogP contribution in [0.2, 0.25) is 0 Å². The normalized spacial score (nSPS) is 20.0. The second-order valence-corrected chi connectivity index (χ2v) is 6.43. The summed E-state index contributed by atoms with van der Waals surface area (Å²) in [7, 11) is 0. The summed E-state index contributed by atoms with van der Waals surface area (Å²) in [5.41, 5.74) is 1.01. The molecule has 0 aliphatic carbocycles. The zero-order valence-corrected chi connectivity index (χ0v) is 14.6. The van der Waals surface area contributed by atoms with Crippen LogP contribution in [0.25, 0.3) is 0 Å².